The molecule has 1 N–H and O–H groups in total. The Balaban J connectivity index is 1.74. The maximum absolute atomic E-state index is 12.0. The third kappa shape index (κ3) is 3.55. The van der Waals surface area contributed by atoms with E-state index in [2.05, 4.69) is 33.1 Å². The summed E-state index contributed by atoms with van der Waals surface area (Å²) in [6, 6.07) is 10.7. The standard InChI is InChI=1S/C16H13IN2O4/c1-21-13-7-15-14(22-9-23-15)6-11(13)8-18-19-16(20)10-3-2-4-12(17)5-10/h2-8H,9H2,1H3,(H,19,20)/b18-8+. The number of rotatable bonds is 4. The summed E-state index contributed by atoms with van der Waals surface area (Å²) in [7, 11) is 1.55. The fourth-order valence-corrected chi connectivity index (χ4v) is 2.61. The number of hydrogen-bond acceptors (Lipinski definition) is 5. The van der Waals surface area contributed by atoms with Crippen molar-refractivity contribution in [1.29, 1.82) is 0 Å². The Morgan fingerprint density at radius 1 is 1.30 bits per heavy atom. The molecule has 118 valence electrons. The number of hydrazone groups is 1. The Morgan fingerprint density at radius 3 is 2.83 bits per heavy atom. The first-order valence-corrected chi connectivity index (χ1v) is 7.82. The van der Waals surface area contributed by atoms with Gasteiger partial charge in [0.2, 0.25) is 6.79 Å². The number of nitrogens with one attached hydrogen (secondary N) is 1. The van der Waals surface area contributed by atoms with E-state index in [1.807, 2.05) is 12.1 Å². The number of hydrogen-bond donors (Lipinski definition) is 1. The zero-order valence-electron chi connectivity index (χ0n) is 12.2. The van der Waals surface area contributed by atoms with Crippen LogP contribution in [0.4, 0.5) is 0 Å². The van der Waals surface area contributed by atoms with E-state index in [1.54, 1.807) is 31.4 Å². The van der Waals surface area contributed by atoms with E-state index in [9.17, 15) is 4.79 Å². The van der Waals surface area contributed by atoms with Gasteiger partial charge in [0.05, 0.1) is 13.3 Å². The first kappa shape index (κ1) is 15.6. The second-order valence-corrected chi connectivity index (χ2v) is 5.90. The molecule has 0 spiro atoms. The number of carbonyl (C=O) groups excluding carboxylic acids is 1. The van der Waals surface area contributed by atoms with Crippen molar-refractivity contribution in [3.05, 3.63) is 51.1 Å². The largest absolute Gasteiger partial charge is 0.496 e. The fourth-order valence-electron chi connectivity index (χ4n) is 2.07. The first-order valence-electron chi connectivity index (χ1n) is 6.74. The van der Waals surface area contributed by atoms with Crippen LogP contribution in [0, 0.1) is 3.57 Å². The van der Waals surface area contributed by atoms with Crippen LogP contribution in [0.25, 0.3) is 0 Å². The van der Waals surface area contributed by atoms with Gasteiger partial charge in [0, 0.05) is 20.8 Å². The molecule has 0 aliphatic carbocycles. The second-order valence-electron chi connectivity index (χ2n) is 4.66. The zero-order valence-corrected chi connectivity index (χ0v) is 14.4. The average Bonchev–Trinajstić information content (AvgIpc) is 3.01. The summed E-state index contributed by atoms with van der Waals surface area (Å²) in [5.41, 5.74) is 3.72. The van der Waals surface area contributed by atoms with Crippen molar-refractivity contribution in [2.24, 2.45) is 5.10 Å². The molecular weight excluding hydrogens is 411 g/mol. The van der Waals surface area contributed by atoms with Gasteiger partial charge in [0.1, 0.15) is 5.75 Å². The van der Waals surface area contributed by atoms with Crippen LogP contribution in [0.15, 0.2) is 41.5 Å². The summed E-state index contributed by atoms with van der Waals surface area (Å²) in [4.78, 5) is 12.0. The van der Waals surface area contributed by atoms with E-state index in [0.29, 0.717) is 28.4 Å². The number of amides is 1. The van der Waals surface area contributed by atoms with Gasteiger partial charge < -0.3 is 14.2 Å². The van der Waals surface area contributed by atoms with Gasteiger partial charge in [-0.1, -0.05) is 6.07 Å². The van der Waals surface area contributed by atoms with E-state index >= 15 is 0 Å². The molecule has 0 atom stereocenters. The minimum Gasteiger partial charge on any atom is -0.496 e. The first-order chi connectivity index (χ1) is 11.2. The van der Waals surface area contributed by atoms with Gasteiger partial charge in [-0.2, -0.15) is 5.10 Å². The van der Waals surface area contributed by atoms with Gasteiger partial charge in [-0.3, -0.25) is 4.79 Å². The molecule has 1 aliphatic rings. The lowest BCUT2D eigenvalue weighted by Crippen LogP contribution is -2.17. The lowest BCUT2D eigenvalue weighted by Gasteiger charge is -2.06. The van der Waals surface area contributed by atoms with Crippen LogP contribution in [-0.4, -0.2) is 26.0 Å². The van der Waals surface area contributed by atoms with Crippen LogP contribution in [0.1, 0.15) is 15.9 Å². The Bertz CT molecular complexity index is 777. The minimum absolute atomic E-state index is 0.183. The van der Waals surface area contributed by atoms with E-state index in [1.165, 1.54) is 6.21 Å². The number of benzene rings is 2. The molecule has 0 fully saturated rings. The Hall–Kier alpha value is -2.29. The monoisotopic (exact) mass is 424 g/mol. The molecule has 1 amide bonds. The van der Waals surface area contributed by atoms with Gasteiger partial charge in [-0.25, -0.2) is 5.43 Å². The molecule has 1 heterocycles. The quantitative estimate of drug-likeness (QED) is 0.466. The number of nitrogens with zero attached hydrogens (tertiary/aromatic N) is 1. The van der Waals surface area contributed by atoms with Crippen molar-refractivity contribution < 1.29 is 19.0 Å². The molecule has 3 rings (SSSR count). The molecule has 0 aromatic heterocycles. The summed E-state index contributed by atoms with van der Waals surface area (Å²) in [5, 5.41) is 3.98. The minimum atomic E-state index is -0.278. The van der Waals surface area contributed by atoms with Crippen LogP contribution in [0.5, 0.6) is 17.2 Å². The molecule has 0 unspecified atom stereocenters. The Labute approximate surface area is 146 Å². The second kappa shape index (κ2) is 6.86. The number of methoxy groups -OCH3 is 1. The lowest BCUT2D eigenvalue weighted by molar-refractivity contribution is 0.0955. The number of fused-ring (bicyclic) bond motifs is 1. The number of carbonyl (C=O) groups is 1. The van der Waals surface area contributed by atoms with Gasteiger partial charge in [0.25, 0.3) is 5.91 Å². The highest BCUT2D eigenvalue weighted by atomic mass is 127. The Morgan fingerprint density at radius 2 is 2.09 bits per heavy atom. The smallest absolute Gasteiger partial charge is 0.271 e. The lowest BCUT2D eigenvalue weighted by atomic mass is 10.2. The van der Waals surface area contributed by atoms with E-state index in [0.717, 1.165) is 3.57 Å². The number of ether oxygens (including phenoxy) is 3. The molecule has 2 aromatic rings. The van der Waals surface area contributed by atoms with Gasteiger partial charge >= 0.3 is 0 Å². The van der Waals surface area contributed by atoms with Gasteiger partial charge in [-0.05, 0) is 46.9 Å². The van der Waals surface area contributed by atoms with Crippen molar-refractivity contribution >= 4 is 34.7 Å². The van der Waals surface area contributed by atoms with Crippen molar-refractivity contribution in [1.82, 2.24) is 5.43 Å². The topological polar surface area (TPSA) is 69.2 Å². The molecule has 7 heteroatoms. The molecule has 1 aliphatic heterocycles. The van der Waals surface area contributed by atoms with Crippen molar-refractivity contribution in [2.45, 2.75) is 0 Å². The highest BCUT2D eigenvalue weighted by molar-refractivity contribution is 14.1. The van der Waals surface area contributed by atoms with E-state index in [4.69, 9.17) is 14.2 Å². The molecule has 0 saturated heterocycles. The summed E-state index contributed by atoms with van der Waals surface area (Å²) in [6.07, 6.45) is 1.51. The highest BCUT2D eigenvalue weighted by Crippen LogP contribution is 2.37. The van der Waals surface area contributed by atoms with Gasteiger partial charge in [0.15, 0.2) is 11.5 Å². The van der Waals surface area contributed by atoms with E-state index in [-0.39, 0.29) is 12.7 Å². The normalized spacial score (nSPS) is 12.4. The Kier molecular flexibility index (Phi) is 4.65. The van der Waals surface area contributed by atoms with Crippen molar-refractivity contribution in [2.75, 3.05) is 13.9 Å². The van der Waals surface area contributed by atoms with Crippen LogP contribution in [0.3, 0.4) is 0 Å². The van der Waals surface area contributed by atoms with Crippen molar-refractivity contribution in [3.63, 3.8) is 0 Å². The van der Waals surface area contributed by atoms with Crippen LogP contribution in [0.2, 0.25) is 0 Å². The molecule has 0 radical (unpaired) electrons. The zero-order chi connectivity index (χ0) is 16.2. The predicted molar refractivity (Wildman–Crippen MR) is 93.3 cm³/mol. The van der Waals surface area contributed by atoms with Crippen LogP contribution < -0.4 is 19.6 Å². The third-order valence-electron chi connectivity index (χ3n) is 3.18. The SMILES string of the molecule is COc1cc2c(cc1/C=N/NC(=O)c1cccc(I)c1)OCO2. The van der Waals surface area contributed by atoms with Crippen molar-refractivity contribution in [3.8, 4) is 17.2 Å². The average molecular weight is 424 g/mol. The van der Waals surface area contributed by atoms with Crippen LogP contribution >= 0.6 is 22.6 Å². The summed E-state index contributed by atoms with van der Waals surface area (Å²) >= 11 is 2.15. The van der Waals surface area contributed by atoms with E-state index < -0.39 is 0 Å². The molecule has 23 heavy (non-hydrogen) atoms. The molecule has 0 saturated carbocycles. The maximum atomic E-state index is 12.0. The molecule has 6 nitrogen and oxygen atoms in total. The predicted octanol–water partition coefficient (Wildman–Crippen LogP) is 2.79. The summed E-state index contributed by atoms with van der Waals surface area (Å²) in [6.45, 7) is 0.183. The molecule has 2 aromatic carbocycles. The highest BCUT2D eigenvalue weighted by Gasteiger charge is 2.17. The third-order valence-corrected chi connectivity index (χ3v) is 3.85. The number of halogens is 1. The summed E-state index contributed by atoms with van der Waals surface area (Å²) < 4.78 is 16.9. The maximum Gasteiger partial charge on any atom is 0.271 e. The molecule has 0 bridgehead atoms. The summed E-state index contributed by atoms with van der Waals surface area (Å²) in [5.74, 6) is 1.55. The molecular formula is C16H13IN2O4. The van der Waals surface area contributed by atoms with Gasteiger partial charge in [-0.15, -0.1) is 0 Å². The fraction of sp³-hybridized carbons (Fsp3) is 0.125. The van der Waals surface area contributed by atoms with Crippen LogP contribution in [-0.2, 0) is 0 Å².